The number of aliphatic imine (C=N–C) groups is 1. The van der Waals surface area contributed by atoms with Gasteiger partial charge in [0.05, 0.1) is 12.6 Å². The Hall–Kier alpha value is -1.90. The fraction of sp³-hybridized carbons (Fsp3) is 0.765. The number of amides is 1. The van der Waals surface area contributed by atoms with Gasteiger partial charge in [-0.3, -0.25) is 4.99 Å². The molecule has 0 unspecified atom stereocenters. The van der Waals surface area contributed by atoms with Gasteiger partial charge < -0.3 is 19.9 Å². The maximum absolute atomic E-state index is 12.2. The second-order valence-electron chi connectivity index (χ2n) is 7.03. The van der Waals surface area contributed by atoms with Gasteiger partial charge in [0, 0.05) is 32.6 Å². The van der Waals surface area contributed by atoms with Gasteiger partial charge in [-0.15, -0.1) is 12.3 Å². The van der Waals surface area contributed by atoms with E-state index >= 15 is 0 Å². The van der Waals surface area contributed by atoms with Gasteiger partial charge >= 0.3 is 6.09 Å². The lowest BCUT2D eigenvalue weighted by Crippen LogP contribution is -2.57. The number of guanidine groups is 1. The monoisotopic (exact) mass is 320 g/mol. The molecule has 128 valence electrons. The fourth-order valence-electron chi connectivity index (χ4n) is 2.78. The summed E-state index contributed by atoms with van der Waals surface area (Å²) < 4.78 is 5.45. The zero-order valence-corrected chi connectivity index (χ0v) is 14.5. The molecule has 1 atom stereocenters. The highest BCUT2D eigenvalue weighted by Crippen LogP contribution is 2.18. The average Bonchev–Trinajstić information content (AvgIpc) is 2.88. The van der Waals surface area contributed by atoms with Crippen molar-refractivity contribution in [3.8, 4) is 12.3 Å². The van der Waals surface area contributed by atoms with Crippen molar-refractivity contribution in [1.82, 2.24) is 15.1 Å². The molecule has 2 aliphatic heterocycles. The van der Waals surface area contributed by atoms with E-state index in [4.69, 9.17) is 11.2 Å². The van der Waals surface area contributed by atoms with Crippen molar-refractivity contribution in [2.24, 2.45) is 4.99 Å². The third-order valence-electron chi connectivity index (χ3n) is 3.89. The summed E-state index contributed by atoms with van der Waals surface area (Å²) in [5.74, 6) is 3.61. The van der Waals surface area contributed by atoms with E-state index in [0.717, 1.165) is 44.9 Å². The van der Waals surface area contributed by atoms with Crippen LogP contribution in [0.25, 0.3) is 0 Å². The normalized spacial score (nSPS) is 20.6. The SMILES string of the molecule is C#CCCCCNC1=NC[C@H]2CN(C(=O)OC(C)(C)C)CCN12. The number of ether oxygens (including phenoxy) is 1. The van der Waals surface area contributed by atoms with Crippen molar-refractivity contribution in [3.05, 3.63) is 0 Å². The smallest absolute Gasteiger partial charge is 0.410 e. The van der Waals surface area contributed by atoms with E-state index in [1.807, 2.05) is 20.8 Å². The Balaban J connectivity index is 1.76. The summed E-state index contributed by atoms with van der Waals surface area (Å²) in [7, 11) is 0. The van der Waals surface area contributed by atoms with Crippen LogP contribution in [0.4, 0.5) is 4.79 Å². The molecule has 0 aromatic carbocycles. The maximum atomic E-state index is 12.2. The van der Waals surface area contributed by atoms with E-state index in [9.17, 15) is 4.79 Å². The highest BCUT2D eigenvalue weighted by molar-refractivity contribution is 5.82. The van der Waals surface area contributed by atoms with Crippen molar-refractivity contribution in [2.45, 2.75) is 51.7 Å². The van der Waals surface area contributed by atoms with Crippen molar-refractivity contribution >= 4 is 12.1 Å². The third-order valence-corrected chi connectivity index (χ3v) is 3.89. The highest BCUT2D eigenvalue weighted by Gasteiger charge is 2.36. The number of hydrogen-bond donors (Lipinski definition) is 1. The van der Waals surface area contributed by atoms with E-state index in [1.54, 1.807) is 4.90 Å². The third kappa shape index (κ3) is 5.05. The molecule has 23 heavy (non-hydrogen) atoms. The van der Waals surface area contributed by atoms with Crippen LogP contribution in [0, 0.1) is 12.3 Å². The Kier molecular flexibility index (Phi) is 5.75. The van der Waals surface area contributed by atoms with Gasteiger partial charge in [0.2, 0.25) is 0 Å². The number of carbonyl (C=O) groups is 1. The molecule has 0 saturated carbocycles. The quantitative estimate of drug-likeness (QED) is 0.632. The van der Waals surface area contributed by atoms with Crippen LogP contribution >= 0.6 is 0 Å². The van der Waals surface area contributed by atoms with Crippen LogP contribution in [0.1, 0.15) is 40.0 Å². The molecule has 0 aromatic rings. The molecule has 0 spiro atoms. The molecule has 2 heterocycles. The van der Waals surface area contributed by atoms with Crippen LogP contribution < -0.4 is 5.32 Å². The van der Waals surface area contributed by atoms with Gasteiger partial charge in [-0.1, -0.05) is 0 Å². The Morgan fingerprint density at radius 1 is 1.43 bits per heavy atom. The van der Waals surface area contributed by atoms with E-state index in [2.05, 4.69) is 21.1 Å². The molecule has 0 bridgehead atoms. The van der Waals surface area contributed by atoms with Crippen LogP contribution in [-0.2, 0) is 4.74 Å². The minimum Gasteiger partial charge on any atom is -0.444 e. The van der Waals surface area contributed by atoms with Crippen molar-refractivity contribution in [3.63, 3.8) is 0 Å². The summed E-state index contributed by atoms with van der Waals surface area (Å²) in [5, 5.41) is 3.39. The number of hydrogen-bond acceptors (Lipinski definition) is 5. The molecule has 6 nitrogen and oxygen atoms in total. The molecule has 0 aromatic heterocycles. The number of terminal acetylenes is 1. The molecule has 1 saturated heterocycles. The molecule has 1 N–H and O–H groups in total. The van der Waals surface area contributed by atoms with E-state index in [-0.39, 0.29) is 12.1 Å². The topological polar surface area (TPSA) is 57.2 Å². The van der Waals surface area contributed by atoms with Crippen molar-refractivity contribution in [1.29, 1.82) is 0 Å². The van der Waals surface area contributed by atoms with Gasteiger partial charge in [0.15, 0.2) is 5.96 Å². The molecular weight excluding hydrogens is 292 g/mol. The first kappa shape index (κ1) is 17.5. The molecule has 2 rings (SSSR count). The largest absolute Gasteiger partial charge is 0.444 e. The molecule has 0 radical (unpaired) electrons. The number of unbranched alkanes of at least 4 members (excludes halogenated alkanes) is 2. The predicted octanol–water partition coefficient (Wildman–Crippen LogP) is 1.67. The number of rotatable bonds is 4. The minimum absolute atomic E-state index is 0.229. The maximum Gasteiger partial charge on any atom is 0.410 e. The lowest BCUT2D eigenvalue weighted by molar-refractivity contribution is 0.0137. The lowest BCUT2D eigenvalue weighted by Gasteiger charge is -2.39. The van der Waals surface area contributed by atoms with E-state index in [1.165, 1.54) is 0 Å². The second-order valence-corrected chi connectivity index (χ2v) is 7.03. The summed E-state index contributed by atoms with van der Waals surface area (Å²) in [4.78, 5) is 20.8. The van der Waals surface area contributed by atoms with Crippen LogP contribution in [0.3, 0.4) is 0 Å². The molecule has 1 amide bonds. The first-order valence-corrected chi connectivity index (χ1v) is 8.37. The van der Waals surface area contributed by atoms with Crippen LogP contribution in [0.5, 0.6) is 0 Å². The zero-order valence-electron chi connectivity index (χ0n) is 14.5. The Bertz CT molecular complexity index is 490. The van der Waals surface area contributed by atoms with Crippen LogP contribution in [-0.4, -0.2) is 66.2 Å². The standard InChI is InChI=1S/C17H28N4O2/c1-5-6-7-8-9-18-15-19-12-14-13-20(10-11-21(14)15)16(22)23-17(2,3)4/h1,14H,6-13H2,2-4H3,(H,18,19)/t14-/m0/s1. The molecule has 2 aliphatic rings. The molecule has 0 aliphatic carbocycles. The van der Waals surface area contributed by atoms with Gasteiger partial charge in [0.25, 0.3) is 0 Å². The van der Waals surface area contributed by atoms with Crippen LogP contribution in [0.15, 0.2) is 4.99 Å². The van der Waals surface area contributed by atoms with Gasteiger partial charge in [-0.2, -0.15) is 0 Å². The molecule has 6 heteroatoms. The van der Waals surface area contributed by atoms with Crippen molar-refractivity contribution < 1.29 is 9.53 Å². The first-order valence-electron chi connectivity index (χ1n) is 8.37. The van der Waals surface area contributed by atoms with Gasteiger partial charge in [0.1, 0.15) is 5.60 Å². The second kappa shape index (κ2) is 7.58. The average molecular weight is 320 g/mol. The molecule has 1 fully saturated rings. The number of carbonyl (C=O) groups excluding carboxylic acids is 1. The molecular formula is C17H28N4O2. The van der Waals surface area contributed by atoms with Crippen molar-refractivity contribution in [2.75, 3.05) is 32.7 Å². The number of nitrogens with zero attached hydrogens (tertiary/aromatic N) is 3. The summed E-state index contributed by atoms with van der Waals surface area (Å²) in [6.07, 6.45) is 7.93. The van der Waals surface area contributed by atoms with Gasteiger partial charge in [-0.25, -0.2) is 4.79 Å². The first-order chi connectivity index (χ1) is 10.9. The predicted molar refractivity (Wildman–Crippen MR) is 91.3 cm³/mol. The van der Waals surface area contributed by atoms with Gasteiger partial charge in [-0.05, 0) is 33.6 Å². The zero-order chi connectivity index (χ0) is 16.9. The van der Waals surface area contributed by atoms with E-state index in [0.29, 0.717) is 13.1 Å². The van der Waals surface area contributed by atoms with E-state index < -0.39 is 5.60 Å². The summed E-state index contributed by atoms with van der Waals surface area (Å²) in [6, 6.07) is 0.254. The Labute approximate surface area is 139 Å². The Morgan fingerprint density at radius 3 is 2.91 bits per heavy atom. The number of nitrogens with one attached hydrogen (secondary N) is 1. The summed E-state index contributed by atoms with van der Waals surface area (Å²) >= 11 is 0. The minimum atomic E-state index is -0.453. The summed E-state index contributed by atoms with van der Waals surface area (Å²) in [6.45, 7) is 9.42. The van der Waals surface area contributed by atoms with Crippen LogP contribution in [0.2, 0.25) is 0 Å². The Morgan fingerprint density at radius 2 is 2.22 bits per heavy atom. The highest BCUT2D eigenvalue weighted by atomic mass is 16.6. The lowest BCUT2D eigenvalue weighted by atomic mass is 10.2. The fourth-order valence-corrected chi connectivity index (χ4v) is 2.78. The summed E-state index contributed by atoms with van der Waals surface area (Å²) in [5.41, 5.74) is -0.453. The number of fused-ring (bicyclic) bond motifs is 1. The number of piperazine rings is 1.